The number of aryl methyl sites for hydroxylation is 1. The van der Waals surface area contributed by atoms with Gasteiger partial charge >= 0.3 is 0 Å². The largest absolute Gasteiger partial charge is 0.369 e. The van der Waals surface area contributed by atoms with E-state index in [2.05, 4.69) is 15.6 Å². The lowest BCUT2D eigenvalue weighted by atomic mass is 9.90. The van der Waals surface area contributed by atoms with Crippen LogP contribution in [-0.2, 0) is 14.4 Å². The van der Waals surface area contributed by atoms with E-state index in [1.165, 1.54) is 41.3 Å². The Hall–Kier alpha value is -2.46. The number of hydrogen-bond donors (Lipinski definition) is 3. The number of thiazole rings is 1. The Morgan fingerprint density at radius 2 is 2.27 bits per heavy atom. The van der Waals surface area contributed by atoms with Crippen molar-refractivity contribution >= 4 is 51.6 Å². The third-order valence-electron chi connectivity index (χ3n) is 3.70. The molecule has 26 heavy (non-hydrogen) atoms. The molecule has 7 nitrogen and oxygen atoms in total. The molecular weight excluding hydrogens is 379 g/mol. The van der Waals surface area contributed by atoms with Crippen molar-refractivity contribution in [1.82, 2.24) is 4.98 Å². The molecule has 1 aromatic carbocycles. The van der Waals surface area contributed by atoms with Crippen molar-refractivity contribution in [2.75, 3.05) is 16.4 Å². The lowest BCUT2D eigenvalue weighted by Crippen LogP contribution is -2.30. The van der Waals surface area contributed by atoms with Crippen LogP contribution in [0.2, 0.25) is 0 Å². The Kier molecular flexibility index (Phi) is 5.23. The topological polar surface area (TPSA) is 114 Å². The van der Waals surface area contributed by atoms with Crippen LogP contribution in [0.4, 0.5) is 15.2 Å². The number of hydrogen-bond acceptors (Lipinski definition) is 6. The summed E-state index contributed by atoms with van der Waals surface area (Å²) in [5.41, 5.74) is 6.67. The first-order valence-electron chi connectivity index (χ1n) is 7.62. The minimum Gasteiger partial charge on any atom is -0.369 e. The molecule has 1 aliphatic heterocycles. The van der Waals surface area contributed by atoms with E-state index in [9.17, 15) is 18.8 Å². The van der Waals surface area contributed by atoms with Crippen molar-refractivity contribution in [2.45, 2.75) is 23.5 Å². The first kappa shape index (κ1) is 18.3. The zero-order valence-electron chi connectivity index (χ0n) is 13.7. The van der Waals surface area contributed by atoms with Gasteiger partial charge in [-0.25, -0.2) is 9.37 Å². The molecule has 0 radical (unpaired) electrons. The molecule has 1 atom stereocenters. The Bertz CT molecular complexity index is 900. The predicted octanol–water partition coefficient (Wildman–Crippen LogP) is 2.23. The molecule has 1 unspecified atom stereocenters. The number of amides is 3. The van der Waals surface area contributed by atoms with Crippen LogP contribution >= 0.6 is 23.1 Å². The minimum absolute atomic E-state index is 0.0297. The number of halogens is 1. The molecule has 0 bridgehead atoms. The molecule has 0 aliphatic carbocycles. The van der Waals surface area contributed by atoms with Crippen LogP contribution in [0, 0.1) is 12.7 Å². The number of anilines is 2. The van der Waals surface area contributed by atoms with Crippen molar-refractivity contribution in [2.24, 2.45) is 5.73 Å². The molecule has 136 valence electrons. The van der Waals surface area contributed by atoms with E-state index in [1.54, 1.807) is 6.92 Å². The van der Waals surface area contributed by atoms with Crippen LogP contribution in [-0.4, -0.2) is 28.5 Å². The lowest BCUT2D eigenvalue weighted by molar-refractivity contribution is -0.123. The summed E-state index contributed by atoms with van der Waals surface area (Å²) in [5, 5.41) is 5.64. The fourth-order valence-electron chi connectivity index (χ4n) is 2.57. The van der Waals surface area contributed by atoms with Crippen molar-refractivity contribution in [1.29, 1.82) is 0 Å². The van der Waals surface area contributed by atoms with Crippen molar-refractivity contribution < 1.29 is 18.8 Å². The number of fused-ring (bicyclic) bond motifs is 1. The van der Waals surface area contributed by atoms with Gasteiger partial charge in [0.15, 0.2) is 5.13 Å². The van der Waals surface area contributed by atoms with E-state index in [4.69, 9.17) is 5.73 Å². The summed E-state index contributed by atoms with van der Waals surface area (Å²) >= 11 is 2.48. The van der Waals surface area contributed by atoms with Gasteiger partial charge in [0.1, 0.15) is 5.82 Å². The number of carbonyl (C=O) groups excluding carboxylic acids is 3. The molecule has 3 amide bonds. The van der Waals surface area contributed by atoms with E-state index in [0.29, 0.717) is 22.1 Å². The molecule has 1 aromatic heterocycles. The van der Waals surface area contributed by atoms with E-state index in [0.717, 1.165) is 4.21 Å². The highest BCUT2D eigenvalue weighted by Crippen LogP contribution is 2.35. The number of benzene rings is 1. The number of nitrogens with two attached hydrogens (primary N) is 1. The number of thioether (sulfide) groups is 1. The van der Waals surface area contributed by atoms with Crippen molar-refractivity contribution in [3.05, 3.63) is 35.3 Å². The second-order valence-corrected chi connectivity index (χ2v) is 7.92. The van der Waals surface area contributed by atoms with Gasteiger partial charge in [0.05, 0.1) is 21.6 Å². The lowest BCUT2D eigenvalue weighted by Gasteiger charge is -2.24. The van der Waals surface area contributed by atoms with Crippen LogP contribution in [0.25, 0.3) is 0 Å². The van der Waals surface area contributed by atoms with Crippen LogP contribution < -0.4 is 16.4 Å². The molecule has 0 fully saturated rings. The molecule has 3 rings (SSSR count). The maximum Gasteiger partial charge on any atom is 0.234 e. The van der Waals surface area contributed by atoms with Crippen LogP contribution in [0.1, 0.15) is 23.6 Å². The molecule has 2 heterocycles. The smallest absolute Gasteiger partial charge is 0.234 e. The Morgan fingerprint density at radius 3 is 3.00 bits per heavy atom. The average molecular weight is 394 g/mol. The minimum atomic E-state index is -0.731. The molecule has 10 heteroatoms. The summed E-state index contributed by atoms with van der Waals surface area (Å²) < 4.78 is 14.2. The number of carbonyl (C=O) groups is 3. The maximum absolute atomic E-state index is 13.4. The van der Waals surface area contributed by atoms with Gasteiger partial charge in [0.2, 0.25) is 17.7 Å². The summed E-state index contributed by atoms with van der Waals surface area (Å²) in [5.74, 6) is -2.28. The van der Waals surface area contributed by atoms with Crippen molar-refractivity contribution in [3.63, 3.8) is 0 Å². The van der Waals surface area contributed by atoms with E-state index in [1.807, 2.05) is 0 Å². The SMILES string of the molecule is Cc1nc(NC(=O)C2CC(=O)Nc3cc(F)ccc32)sc1SCC(N)=O. The van der Waals surface area contributed by atoms with E-state index < -0.39 is 23.5 Å². The first-order chi connectivity index (χ1) is 12.3. The second-order valence-electron chi connectivity index (χ2n) is 5.67. The van der Waals surface area contributed by atoms with Crippen LogP contribution in [0.3, 0.4) is 0 Å². The summed E-state index contributed by atoms with van der Waals surface area (Å²) in [6.07, 6.45) is -0.0297. The summed E-state index contributed by atoms with van der Waals surface area (Å²) in [6, 6.07) is 3.94. The zero-order chi connectivity index (χ0) is 18.8. The van der Waals surface area contributed by atoms with Crippen LogP contribution in [0.5, 0.6) is 0 Å². The first-order valence-corrected chi connectivity index (χ1v) is 9.42. The quantitative estimate of drug-likeness (QED) is 0.673. The van der Waals surface area contributed by atoms with E-state index >= 15 is 0 Å². The highest BCUT2D eigenvalue weighted by Gasteiger charge is 2.31. The van der Waals surface area contributed by atoms with Gasteiger partial charge in [0, 0.05) is 12.1 Å². The predicted molar refractivity (Wildman–Crippen MR) is 97.8 cm³/mol. The Morgan fingerprint density at radius 1 is 1.50 bits per heavy atom. The monoisotopic (exact) mass is 394 g/mol. The zero-order valence-corrected chi connectivity index (χ0v) is 15.3. The number of rotatable bonds is 5. The highest BCUT2D eigenvalue weighted by molar-refractivity contribution is 8.01. The highest BCUT2D eigenvalue weighted by atomic mass is 32.2. The Balaban J connectivity index is 1.78. The van der Waals surface area contributed by atoms with Gasteiger partial charge in [-0.05, 0) is 24.6 Å². The molecule has 2 aromatic rings. The van der Waals surface area contributed by atoms with Gasteiger partial charge in [-0.1, -0.05) is 17.4 Å². The molecular formula is C16H15FN4O3S2. The third kappa shape index (κ3) is 4.02. The van der Waals surface area contributed by atoms with Gasteiger partial charge in [-0.15, -0.1) is 11.8 Å². The number of primary amides is 1. The number of aromatic nitrogens is 1. The van der Waals surface area contributed by atoms with Gasteiger partial charge in [-0.2, -0.15) is 0 Å². The third-order valence-corrected chi connectivity index (χ3v) is 6.16. The average Bonchev–Trinajstić information content (AvgIpc) is 2.91. The molecule has 0 saturated heterocycles. The fourth-order valence-corrected chi connectivity index (χ4v) is 4.45. The van der Waals surface area contributed by atoms with Gasteiger partial charge < -0.3 is 16.4 Å². The summed E-state index contributed by atoms with van der Waals surface area (Å²) in [6.45, 7) is 1.77. The molecule has 4 N–H and O–H groups in total. The maximum atomic E-state index is 13.4. The normalized spacial score (nSPS) is 15.9. The summed E-state index contributed by atoms with van der Waals surface area (Å²) in [7, 11) is 0. The molecule has 0 saturated carbocycles. The number of nitrogens with one attached hydrogen (secondary N) is 2. The standard InChI is InChI=1S/C16H15FN4O3S2/c1-7-15(25-6-12(18)22)26-16(19-7)21-14(24)10-5-13(23)20-11-4-8(17)2-3-9(10)11/h2-4,10H,5-6H2,1H3,(H2,18,22)(H,20,23)(H,19,21,24). The van der Waals surface area contributed by atoms with Gasteiger partial charge in [0.25, 0.3) is 0 Å². The Labute approximate surface area is 156 Å². The molecule has 0 spiro atoms. The van der Waals surface area contributed by atoms with E-state index in [-0.39, 0.29) is 18.1 Å². The second kappa shape index (κ2) is 7.42. The van der Waals surface area contributed by atoms with Crippen molar-refractivity contribution in [3.8, 4) is 0 Å². The number of nitrogens with zero attached hydrogens (tertiary/aromatic N) is 1. The van der Waals surface area contributed by atoms with Gasteiger partial charge in [-0.3, -0.25) is 14.4 Å². The fraction of sp³-hybridized carbons (Fsp3) is 0.250. The molecule has 1 aliphatic rings. The summed E-state index contributed by atoms with van der Waals surface area (Å²) in [4.78, 5) is 39.6. The van der Waals surface area contributed by atoms with Crippen LogP contribution in [0.15, 0.2) is 22.4 Å².